The van der Waals surface area contributed by atoms with Crippen molar-refractivity contribution in [1.29, 1.82) is 0 Å². The van der Waals surface area contributed by atoms with Gasteiger partial charge in [-0.05, 0) is 19.8 Å². The number of fused-ring (bicyclic) bond motifs is 1. The molecule has 0 unspecified atom stereocenters. The van der Waals surface area contributed by atoms with Crippen molar-refractivity contribution in [3.8, 4) is 11.5 Å². The molecule has 0 amide bonds. The van der Waals surface area contributed by atoms with Gasteiger partial charge >= 0.3 is 0 Å². The van der Waals surface area contributed by atoms with E-state index in [0.717, 1.165) is 25.7 Å². The number of carbonyl (C=O) groups excluding carboxylic acids is 2. The predicted octanol–water partition coefficient (Wildman–Crippen LogP) is 8.56. The Labute approximate surface area is 213 Å². The van der Waals surface area contributed by atoms with Gasteiger partial charge in [-0.25, -0.2) is 0 Å². The van der Waals surface area contributed by atoms with Crippen LogP contribution in [0.3, 0.4) is 0 Å². The highest BCUT2D eigenvalue weighted by atomic mass is 35.5. The summed E-state index contributed by atoms with van der Waals surface area (Å²) in [6.45, 7) is 4.15. The molecule has 0 atom stereocenters. The number of ether oxygens (including phenoxy) is 1. The Morgan fingerprint density at radius 2 is 1.06 bits per heavy atom. The van der Waals surface area contributed by atoms with Crippen molar-refractivity contribution in [1.82, 2.24) is 0 Å². The summed E-state index contributed by atoms with van der Waals surface area (Å²) in [5.74, 6) is -2.49. The number of allylic oxidation sites excluding steroid dienone is 2. The zero-order valence-corrected chi connectivity index (χ0v) is 22.0. The minimum absolute atomic E-state index is 0.0768. The van der Waals surface area contributed by atoms with Crippen LogP contribution in [0.4, 0.5) is 0 Å². The molecule has 1 aliphatic rings. The molecule has 1 aromatic carbocycles. The lowest BCUT2D eigenvalue weighted by Gasteiger charge is -2.23. The molecule has 0 saturated heterocycles. The van der Waals surface area contributed by atoms with Crippen LogP contribution in [-0.4, -0.2) is 28.4 Å². The molecule has 0 aliphatic heterocycles. The van der Waals surface area contributed by atoms with Crippen LogP contribution in [-0.2, 0) is 4.74 Å². The molecule has 0 fully saturated rings. The van der Waals surface area contributed by atoms with Crippen molar-refractivity contribution in [2.75, 3.05) is 6.61 Å². The molecule has 0 aromatic heterocycles. The molecule has 7 heteroatoms. The molecule has 1 aromatic rings. The van der Waals surface area contributed by atoms with Crippen LogP contribution in [0.25, 0.3) is 0 Å². The van der Waals surface area contributed by atoms with Gasteiger partial charge in [0.25, 0.3) is 0 Å². The van der Waals surface area contributed by atoms with Crippen LogP contribution >= 0.6 is 23.2 Å². The summed E-state index contributed by atoms with van der Waals surface area (Å²) in [6.07, 6.45) is 16.1. The van der Waals surface area contributed by atoms with Crippen LogP contribution in [0.15, 0.2) is 11.3 Å². The molecule has 0 radical (unpaired) electrons. The number of Topliss-reactive ketones (excluding diaryl/α,β-unsaturated/α-hetero) is 2. The summed E-state index contributed by atoms with van der Waals surface area (Å²) in [6, 6.07) is 0. The first-order valence-electron chi connectivity index (χ1n) is 12.7. The first-order chi connectivity index (χ1) is 16.4. The van der Waals surface area contributed by atoms with Crippen LogP contribution in [0.2, 0.25) is 10.0 Å². The van der Waals surface area contributed by atoms with Crippen LogP contribution in [0, 0.1) is 0 Å². The van der Waals surface area contributed by atoms with E-state index in [9.17, 15) is 19.8 Å². The highest BCUT2D eigenvalue weighted by Crippen LogP contribution is 2.47. The third kappa shape index (κ3) is 7.14. The maximum absolute atomic E-state index is 13.2. The lowest BCUT2D eigenvalue weighted by Crippen LogP contribution is -2.24. The number of aromatic hydroxyl groups is 2. The molecular formula is C27H38Cl2O5. The van der Waals surface area contributed by atoms with Crippen LogP contribution in [0.1, 0.15) is 124 Å². The average Bonchev–Trinajstić information content (AvgIpc) is 2.82. The highest BCUT2D eigenvalue weighted by molar-refractivity contribution is 6.45. The van der Waals surface area contributed by atoms with E-state index in [1.807, 2.05) is 0 Å². The average molecular weight is 514 g/mol. The number of phenolic OH excluding ortho intramolecular Hbond substituents is 2. The van der Waals surface area contributed by atoms with Crippen molar-refractivity contribution in [2.24, 2.45) is 0 Å². The standard InChI is InChI=1S/C27H38Cl2O5/c1-3-5-6-7-8-9-10-11-12-13-14-15-16-17-18-23(30)19-20(26(33)27(18)34-4-2)25(32)22(29)21(28)24(19)31/h31-32H,3-17H2,1-2H3. The Morgan fingerprint density at radius 3 is 1.50 bits per heavy atom. The minimum atomic E-state index is -0.660. The zero-order chi connectivity index (χ0) is 25.1. The topological polar surface area (TPSA) is 83.8 Å². The van der Waals surface area contributed by atoms with Gasteiger partial charge in [-0.2, -0.15) is 0 Å². The molecule has 190 valence electrons. The SMILES string of the molecule is CCCCCCCCCCCCCCCC1=C(OCC)C(=O)c2c(O)c(Cl)c(Cl)c(O)c2C1=O. The number of benzene rings is 1. The molecular weight excluding hydrogens is 475 g/mol. The van der Waals surface area contributed by atoms with E-state index < -0.39 is 23.1 Å². The smallest absolute Gasteiger partial charge is 0.232 e. The van der Waals surface area contributed by atoms with Gasteiger partial charge in [-0.1, -0.05) is 107 Å². The van der Waals surface area contributed by atoms with Crippen molar-refractivity contribution < 1.29 is 24.5 Å². The summed E-state index contributed by atoms with van der Waals surface area (Å²) in [7, 11) is 0. The first kappa shape index (κ1) is 28.5. The number of unbranched alkanes of at least 4 members (excludes halogenated alkanes) is 12. The van der Waals surface area contributed by atoms with Gasteiger partial charge in [0.05, 0.1) is 17.7 Å². The predicted molar refractivity (Wildman–Crippen MR) is 137 cm³/mol. The van der Waals surface area contributed by atoms with E-state index in [2.05, 4.69) is 6.92 Å². The second-order valence-electron chi connectivity index (χ2n) is 8.97. The number of rotatable bonds is 16. The van der Waals surface area contributed by atoms with Crippen molar-refractivity contribution >= 4 is 34.8 Å². The Balaban J connectivity index is 1.87. The van der Waals surface area contributed by atoms with Crippen molar-refractivity contribution in [3.63, 3.8) is 0 Å². The van der Waals surface area contributed by atoms with Crippen LogP contribution in [0.5, 0.6) is 11.5 Å². The quantitative estimate of drug-likeness (QED) is 0.171. The molecule has 0 spiro atoms. The molecule has 0 heterocycles. The monoisotopic (exact) mass is 512 g/mol. The van der Waals surface area contributed by atoms with Gasteiger partial charge < -0.3 is 14.9 Å². The lowest BCUT2D eigenvalue weighted by atomic mass is 9.84. The third-order valence-electron chi connectivity index (χ3n) is 6.36. The van der Waals surface area contributed by atoms with Crippen LogP contribution < -0.4 is 0 Å². The Bertz CT molecular complexity index is 892. The van der Waals surface area contributed by atoms with E-state index in [1.54, 1.807) is 6.92 Å². The van der Waals surface area contributed by atoms with Gasteiger partial charge in [-0.3, -0.25) is 9.59 Å². The largest absolute Gasteiger partial charge is 0.506 e. The molecule has 5 nitrogen and oxygen atoms in total. The number of phenols is 2. The summed E-state index contributed by atoms with van der Waals surface area (Å²) in [5, 5.41) is 20.0. The van der Waals surface area contributed by atoms with Gasteiger partial charge in [-0.15, -0.1) is 0 Å². The van der Waals surface area contributed by atoms with Gasteiger partial charge in [0.2, 0.25) is 5.78 Å². The maximum atomic E-state index is 13.2. The van der Waals surface area contributed by atoms with E-state index in [0.29, 0.717) is 6.42 Å². The number of hydrogen-bond donors (Lipinski definition) is 2. The second-order valence-corrected chi connectivity index (χ2v) is 9.72. The minimum Gasteiger partial charge on any atom is -0.506 e. The lowest BCUT2D eigenvalue weighted by molar-refractivity contribution is 0.0872. The third-order valence-corrected chi connectivity index (χ3v) is 7.19. The molecule has 2 rings (SSSR count). The molecule has 1 aliphatic carbocycles. The Morgan fingerprint density at radius 1 is 0.647 bits per heavy atom. The molecule has 34 heavy (non-hydrogen) atoms. The Hall–Kier alpha value is -1.72. The highest BCUT2D eigenvalue weighted by Gasteiger charge is 2.39. The van der Waals surface area contributed by atoms with E-state index in [4.69, 9.17) is 27.9 Å². The summed E-state index contributed by atoms with van der Waals surface area (Å²) < 4.78 is 5.50. The fourth-order valence-corrected chi connectivity index (χ4v) is 4.82. The van der Waals surface area contributed by atoms with Gasteiger partial charge in [0.1, 0.15) is 21.5 Å². The number of hydrogen-bond acceptors (Lipinski definition) is 5. The first-order valence-corrected chi connectivity index (χ1v) is 13.5. The fourth-order valence-electron chi connectivity index (χ4n) is 4.45. The normalized spacial score (nSPS) is 13.5. The number of halogens is 2. The maximum Gasteiger partial charge on any atom is 0.232 e. The van der Waals surface area contributed by atoms with Crippen molar-refractivity contribution in [2.45, 2.75) is 104 Å². The zero-order valence-electron chi connectivity index (χ0n) is 20.5. The Kier molecular flexibility index (Phi) is 12.3. The van der Waals surface area contributed by atoms with E-state index >= 15 is 0 Å². The second kappa shape index (κ2) is 14.6. The summed E-state index contributed by atoms with van der Waals surface area (Å²) >= 11 is 11.9. The summed E-state index contributed by atoms with van der Waals surface area (Å²) in [5.41, 5.74) is -0.435. The van der Waals surface area contributed by atoms with Gasteiger partial charge in [0.15, 0.2) is 11.5 Å². The number of carbonyl (C=O) groups is 2. The van der Waals surface area contributed by atoms with E-state index in [1.165, 1.54) is 57.8 Å². The number of ketones is 2. The molecule has 0 bridgehead atoms. The summed E-state index contributed by atoms with van der Waals surface area (Å²) in [4.78, 5) is 26.2. The van der Waals surface area contributed by atoms with Gasteiger partial charge in [0, 0.05) is 5.57 Å². The molecule has 0 saturated carbocycles. The fraction of sp³-hybridized carbons (Fsp3) is 0.630. The van der Waals surface area contributed by atoms with Crippen molar-refractivity contribution in [3.05, 3.63) is 32.5 Å². The molecule has 2 N–H and O–H groups in total. The van der Waals surface area contributed by atoms with E-state index in [-0.39, 0.29) is 39.1 Å².